The predicted molar refractivity (Wildman–Crippen MR) is 72.0 cm³/mol. The fourth-order valence-electron chi connectivity index (χ4n) is 1.98. The van der Waals surface area contributed by atoms with E-state index in [9.17, 15) is 0 Å². The molecule has 1 aromatic rings. The SMILES string of the molecule is CC(C)N(CC1CC1)c1ccc([C@@H](C)N)cn1. The highest BCUT2D eigenvalue weighted by atomic mass is 15.2. The van der Waals surface area contributed by atoms with Crippen LogP contribution < -0.4 is 10.6 Å². The fourth-order valence-corrected chi connectivity index (χ4v) is 1.98. The van der Waals surface area contributed by atoms with Gasteiger partial charge in [0, 0.05) is 24.8 Å². The minimum absolute atomic E-state index is 0.0625. The first-order valence-corrected chi connectivity index (χ1v) is 6.56. The Hall–Kier alpha value is -1.09. The van der Waals surface area contributed by atoms with E-state index < -0.39 is 0 Å². The number of hydrogen-bond donors (Lipinski definition) is 1. The van der Waals surface area contributed by atoms with Crippen molar-refractivity contribution in [2.75, 3.05) is 11.4 Å². The molecule has 0 amide bonds. The number of pyridine rings is 1. The summed E-state index contributed by atoms with van der Waals surface area (Å²) in [5.41, 5.74) is 6.94. The van der Waals surface area contributed by atoms with Crippen molar-refractivity contribution < 1.29 is 0 Å². The van der Waals surface area contributed by atoms with Gasteiger partial charge in [-0.15, -0.1) is 0 Å². The molecule has 2 rings (SSSR count). The molecule has 3 nitrogen and oxygen atoms in total. The van der Waals surface area contributed by atoms with Gasteiger partial charge in [0.05, 0.1) is 0 Å². The smallest absolute Gasteiger partial charge is 0.128 e. The van der Waals surface area contributed by atoms with Crippen LogP contribution in [0.4, 0.5) is 5.82 Å². The number of hydrogen-bond acceptors (Lipinski definition) is 3. The van der Waals surface area contributed by atoms with Crippen LogP contribution in [0.2, 0.25) is 0 Å². The molecule has 0 radical (unpaired) electrons. The van der Waals surface area contributed by atoms with Gasteiger partial charge in [0.1, 0.15) is 5.82 Å². The van der Waals surface area contributed by atoms with Gasteiger partial charge in [-0.3, -0.25) is 0 Å². The van der Waals surface area contributed by atoms with Gasteiger partial charge in [-0.05, 0) is 51.2 Å². The summed E-state index contributed by atoms with van der Waals surface area (Å²) in [7, 11) is 0. The maximum absolute atomic E-state index is 5.84. The first kappa shape index (κ1) is 12.4. The Morgan fingerprint density at radius 2 is 2.06 bits per heavy atom. The van der Waals surface area contributed by atoms with Gasteiger partial charge in [0.2, 0.25) is 0 Å². The monoisotopic (exact) mass is 233 g/mol. The van der Waals surface area contributed by atoms with E-state index in [0.29, 0.717) is 6.04 Å². The zero-order valence-corrected chi connectivity index (χ0v) is 11.1. The van der Waals surface area contributed by atoms with E-state index in [0.717, 1.165) is 23.8 Å². The summed E-state index contributed by atoms with van der Waals surface area (Å²) in [6.07, 6.45) is 4.66. The lowest BCUT2D eigenvalue weighted by atomic mass is 10.1. The molecule has 0 unspecified atom stereocenters. The summed E-state index contributed by atoms with van der Waals surface area (Å²) >= 11 is 0. The largest absolute Gasteiger partial charge is 0.354 e. The van der Waals surface area contributed by atoms with Crippen molar-refractivity contribution in [1.29, 1.82) is 0 Å². The molecule has 2 N–H and O–H groups in total. The number of anilines is 1. The zero-order valence-electron chi connectivity index (χ0n) is 11.1. The van der Waals surface area contributed by atoms with Gasteiger partial charge < -0.3 is 10.6 Å². The van der Waals surface area contributed by atoms with Crippen LogP contribution >= 0.6 is 0 Å². The molecule has 0 saturated heterocycles. The second-order valence-electron chi connectivity index (χ2n) is 5.43. The molecule has 3 heteroatoms. The molecule has 94 valence electrons. The normalized spacial score (nSPS) is 17.2. The van der Waals surface area contributed by atoms with Crippen LogP contribution in [-0.2, 0) is 0 Å². The van der Waals surface area contributed by atoms with E-state index in [2.05, 4.69) is 35.9 Å². The number of aromatic nitrogens is 1. The van der Waals surface area contributed by atoms with Gasteiger partial charge in [0.15, 0.2) is 0 Å². The second-order valence-corrected chi connectivity index (χ2v) is 5.43. The highest BCUT2D eigenvalue weighted by Gasteiger charge is 2.26. The topological polar surface area (TPSA) is 42.1 Å². The van der Waals surface area contributed by atoms with Gasteiger partial charge in [0.25, 0.3) is 0 Å². The average Bonchev–Trinajstić information content (AvgIpc) is 3.09. The van der Waals surface area contributed by atoms with Crippen LogP contribution in [0.3, 0.4) is 0 Å². The van der Waals surface area contributed by atoms with Crippen molar-refractivity contribution >= 4 is 5.82 Å². The summed E-state index contributed by atoms with van der Waals surface area (Å²) in [6, 6.07) is 4.76. The molecule has 0 bridgehead atoms. The van der Waals surface area contributed by atoms with Gasteiger partial charge in [-0.1, -0.05) is 6.07 Å². The molecule has 1 fully saturated rings. The second kappa shape index (κ2) is 5.05. The molecule has 0 spiro atoms. The number of nitrogens with two attached hydrogens (primary N) is 1. The Morgan fingerprint density at radius 1 is 1.35 bits per heavy atom. The summed E-state index contributed by atoms with van der Waals surface area (Å²) in [5.74, 6) is 1.96. The molecular formula is C14H23N3. The molecule has 0 aliphatic heterocycles. The molecule has 1 aliphatic carbocycles. The fraction of sp³-hybridized carbons (Fsp3) is 0.643. The van der Waals surface area contributed by atoms with Crippen molar-refractivity contribution in [3.8, 4) is 0 Å². The van der Waals surface area contributed by atoms with Crippen molar-refractivity contribution in [2.24, 2.45) is 11.7 Å². The number of rotatable bonds is 5. The average molecular weight is 233 g/mol. The summed E-state index contributed by atoms with van der Waals surface area (Å²) < 4.78 is 0. The van der Waals surface area contributed by atoms with Crippen LogP contribution in [0.15, 0.2) is 18.3 Å². The van der Waals surface area contributed by atoms with E-state index in [1.54, 1.807) is 0 Å². The van der Waals surface area contributed by atoms with Crippen molar-refractivity contribution in [2.45, 2.75) is 45.7 Å². The Labute approximate surface area is 104 Å². The van der Waals surface area contributed by atoms with E-state index in [-0.39, 0.29) is 6.04 Å². The molecule has 17 heavy (non-hydrogen) atoms. The van der Waals surface area contributed by atoms with Crippen LogP contribution in [-0.4, -0.2) is 17.6 Å². The third-order valence-electron chi connectivity index (χ3n) is 3.37. The van der Waals surface area contributed by atoms with E-state index >= 15 is 0 Å². The van der Waals surface area contributed by atoms with Crippen molar-refractivity contribution in [1.82, 2.24) is 4.98 Å². The predicted octanol–water partition coefficient (Wildman–Crippen LogP) is 2.73. The summed E-state index contributed by atoms with van der Waals surface area (Å²) in [4.78, 5) is 6.94. The Bertz CT molecular complexity index is 352. The van der Waals surface area contributed by atoms with Gasteiger partial charge >= 0.3 is 0 Å². The maximum Gasteiger partial charge on any atom is 0.128 e. The van der Waals surface area contributed by atoms with E-state index in [1.165, 1.54) is 12.8 Å². The van der Waals surface area contributed by atoms with Crippen LogP contribution in [0, 0.1) is 5.92 Å². The lowest BCUT2D eigenvalue weighted by Crippen LogP contribution is -2.33. The van der Waals surface area contributed by atoms with Gasteiger partial charge in [-0.25, -0.2) is 4.98 Å². The Balaban J connectivity index is 2.11. The van der Waals surface area contributed by atoms with Crippen LogP contribution in [0.1, 0.15) is 45.2 Å². The minimum atomic E-state index is 0.0625. The third-order valence-corrected chi connectivity index (χ3v) is 3.37. The Kier molecular flexibility index (Phi) is 3.67. The molecule has 1 aliphatic rings. The molecular weight excluding hydrogens is 210 g/mol. The third kappa shape index (κ3) is 3.19. The summed E-state index contributed by atoms with van der Waals surface area (Å²) in [5, 5.41) is 0. The first-order chi connectivity index (χ1) is 8.08. The van der Waals surface area contributed by atoms with Gasteiger partial charge in [-0.2, -0.15) is 0 Å². The zero-order chi connectivity index (χ0) is 12.4. The maximum atomic E-state index is 5.84. The molecule has 0 aromatic carbocycles. The highest BCUT2D eigenvalue weighted by molar-refractivity contribution is 5.41. The molecule has 1 heterocycles. The molecule has 1 aromatic heterocycles. The quantitative estimate of drug-likeness (QED) is 0.850. The van der Waals surface area contributed by atoms with Crippen LogP contribution in [0.25, 0.3) is 0 Å². The van der Waals surface area contributed by atoms with E-state index in [4.69, 9.17) is 5.73 Å². The van der Waals surface area contributed by atoms with Crippen molar-refractivity contribution in [3.05, 3.63) is 23.9 Å². The minimum Gasteiger partial charge on any atom is -0.354 e. The lowest BCUT2D eigenvalue weighted by molar-refractivity contribution is 0.636. The Morgan fingerprint density at radius 3 is 2.47 bits per heavy atom. The molecule has 1 saturated carbocycles. The van der Waals surface area contributed by atoms with Crippen molar-refractivity contribution in [3.63, 3.8) is 0 Å². The number of nitrogens with zero attached hydrogens (tertiary/aromatic N) is 2. The standard InChI is InChI=1S/C14H23N3/c1-10(2)17(9-12-4-5-12)14-7-6-13(8-16-14)11(3)15/h6-8,10-12H,4-5,9,15H2,1-3H3/t11-/m1/s1. The van der Waals surface area contributed by atoms with Crippen LogP contribution in [0.5, 0.6) is 0 Å². The first-order valence-electron chi connectivity index (χ1n) is 6.56. The lowest BCUT2D eigenvalue weighted by Gasteiger charge is -2.28. The molecule has 1 atom stereocenters. The summed E-state index contributed by atoms with van der Waals surface area (Å²) in [6.45, 7) is 7.58. The van der Waals surface area contributed by atoms with E-state index in [1.807, 2.05) is 13.1 Å². The highest BCUT2D eigenvalue weighted by Crippen LogP contribution is 2.31.